The van der Waals surface area contributed by atoms with E-state index in [-0.39, 0.29) is 45.2 Å². The normalized spacial score (nSPS) is 12.7. The summed E-state index contributed by atoms with van der Waals surface area (Å²) in [4.78, 5) is -2.77. The molecule has 0 heterocycles. The fraction of sp³-hybridized carbons (Fsp3) is 0.200. The van der Waals surface area contributed by atoms with Crippen molar-refractivity contribution >= 4 is 40.5 Å². The molecule has 0 amide bonds. The molecule has 4 rings (SSSR count). The van der Waals surface area contributed by atoms with Crippen LogP contribution < -0.4 is 9.47 Å². The molecule has 0 bridgehead atoms. The lowest BCUT2D eigenvalue weighted by atomic mass is 9.98. The van der Waals surface area contributed by atoms with Gasteiger partial charge >= 0.3 is 0 Å². The lowest BCUT2D eigenvalue weighted by Gasteiger charge is -2.16. The second kappa shape index (κ2) is 13.6. The third-order valence-corrected chi connectivity index (χ3v) is 10.5. The molecular formula is C30H30O14S4. The smallest absolute Gasteiger partial charge is 0.295 e. The van der Waals surface area contributed by atoms with E-state index < -0.39 is 66.7 Å². The fourth-order valence-corrected chi connectivity index (χ4v) is 7.91. The minimum atomic E-state index is -5.02. The highest BCUT2D eigenvalue weighted by Crippen LogP contribution is 2.38. The van der Waals surface area contributed by atoms with E-state index in [0.717, 1.165) is 30.3 Å². The molecule has 0 radical (unpaired) electrons. The molecular weight excluding hydrogens is 713 g/mol. The number of ether oxygens (including phenoxy) is 2. The van der Waals surface area contributed by atoms with E-state index in [2.05, 4.69) is 0 Å². The maximum atomic E-state index is 12.4. The second-order valence-electron chi connectivity index (χ2n) is 11.0. The van der Waals surface area contributed by atoms with Crippen LogP contribution in [0.5, 0.6) is 11.5 Å². The van der Waals surface area contributed by atoms with E-state index in [4.69, 9.17) is 9.47 Å². The Labute approximate surface area is 278 Å². The molecule has 258 valence electrons. The van der Waals surface area contributed by atoms with Gasteiger partial charge in [0.25, 0.3) is 40.5 Å². The predicted octanol–water partition coefficient (Wildman–Crippen LogP) is 4.79. The van der Waals surface area contributed by atoms with Gasteiger partial charge in [-0.05, 0) is 59.9 Å². The van der Waals surface area contributed by atoms with Crippen LogP contribution in [-0.2, 0) is 53.5 Å². The Morgan fingerprint density at radius 1 is 0.521 bits per heavy atom. The lowest BCUT2D eigenvalue weighted by Crippen LogP contribution is -2.08. The van der Waals surface area contributed by atoms with Crippen LogP contribution in [0.2, 0.25) is 0 Å². The molecule has 4 N–H and O–H groups in total. The van der Waals surface area contributed by atoms with Gasteiger partial charge in [-0.15, -0.1) is 0 Å². The molecule has 0 aliphatic carbocycles. The molecule has 0 saturated heterocycles. The van der Waals surface area contributed by atoms with Crippen LogP contribution in [-0.4, -0.2) is 59.0 Å². The first kappa shape index (κ1) is 36.9. The topological polar surface area (TPSA) is 236 Å². The summed E-state index contributed by atoms with van der Waals surface area (Å²) in [6.07, 6.45) is 0.465. The van der Waals surface area contributed by atoms with Crippen molar-refractivity contribution in [3.05, 3.63) is 83.9 Å². The molecule has 0 unspecified atom stereocenters. The van der Waals surface area contributed by atoms with Gasteiger partial charge < -0.3 is 9.47 Å². The van der Waals surface area contributed by atoms with Crippen molar-refractivity contribution < 1.29 is 61.4 Å². The Morgan fingerprint density at radius 3 is 1.29 bits per heavy atom. The van der Waals surface area contributed by atoms with Crippen molar-refractivity contribution in [2.24, 2.45) is 5.92 Å². The third-order valence-electron chi connectivity index (χ3n) is 6.98. The summed E-state index contributed by atoms with van der Waals surface area (Å²) in [7, 11) is -18.5. The van der Waals surface area contributed by atoms with Gasteiger partial charge in [-0.2, -0.15) is 33.7 Å². The zero-order chi connectivity index (χ0) is 35.8. The fourth-order valence-electron chi connectivity index (χ4n) is 4.95. The van der Waals surface area contributed by atoms with E-state index in [1.165, 1.54) is 43.5 Å². The molecule has 14 nitrogen and oxygen atoms in total. The van der Waals surface area contributed by atoms with Crippen LogP contribution in [0.25, 0.3) is 22.3 Å². The van der Waals surface area contributed by atoms with Crippen LogP contribution >= 0.6 is 0 Å². The minimum absolute atomic E-state index is 0.0346. The van der Waals surface area contributed by atoms with Crippen LogP contribution in [0, 0.1) is 5.92 Å². The molecule has 0 fully saturated rings. The molecule has 0 spiro atoms. The molecule has 4 aromatic rings. The Hall–Kier alpha value is -3.88. The molecule has 48 heavy (non-hydrogen) atoms. The van der Waals surface area contributed by atoms with Gasteiger partial charge in [0.05, 0.1) is 7.11 Å². The molecule has 0 aliphatic heterocycles. The summed E-state index contributed by atoms with van der Waals surface area (Å²) in [6.45, 7) is 3.36. The minimum Gasteiger partial charge on any atom is -0.497 e. The van der Waals surface area contributed by atoms with Crippen LogP contribution in [0.15, 0.2) is 92.4 Å². The maximum absolute atomic E-state index is 12.4. The highest BCUT2D eigenvalue weighted by atomic mass is 32.2. The zero-order valence-electron chi connectivity index (χ0n) is 25.4. The average Bonchev–Trinajstić information content (AvgIpc) is 2.97. The first-order valence-corrected chi connectivity index (χ1v) is 19.5. The van der Waals surface area contributed by atoms with Gasteiger partial charge in [0.2, 0.25) is 0 Å². The van der Waals surface area contributed by atoms with Crippen molar-refractivity contribution in [1.29, 1.82) is 0 Å². The van der Waals surface area contributed by atoms with Crippen LogP contribution in [0.1, 0.15) is 25.0 Å². The quantitative estimate of drug-likeness (QED) is 0.143. The van der Waals surface area contributed by atoms with E-state index in [1.54, 1.807) is 6.07 Å². The molecule has 18 heteroatoms. The Bertz CT molecular complexity index is 2330. The summed E-state index contributed by atoms with van der Waals surface area (Å²) in [5.74, 6) is -0.00771. The highest BCUT2D eigenvalue weighted by molar-refractivity contribution is 7.87. The van der Waals surface area contributed by atoms with Crippen molar-refractivity contribution in [3.8, 4) is 33.8 Å². The highest BCUT2D eigenvalue weighted by Gasteiger charge is 2.26. The first-order valence-electron chi connectivity index (χ1n) is 13.7. The molecule has 0 aliphatic rings. The number of hydrogen-bond acceptors (Lipinski definition) is 10. The second-order valence-corrected chi connectivity index (χ2v) is 16.5. The van der Waals surface area contributed by atoms with Gasteiger partial charge in [-0.25, -0.2) is 0 Å². The van der Waals surface area contributed by atoms with Gasteiger partial charge in [0.15, 0.2) is 0 Å². The van der Waals surface area contributed by atoms with Crippen molar-refractivity contribution in [1.82, 2.24) is 0 Å². The van der Waals surface area contributed by atoms with Crippen LogP contribution in [0.4, 0.5) is 0 Å². The summed E-state index contributed by atoms with van der Waals surface area (Å²) in [6, 6.07) is 14.3. The molecule has 4 aromatic carbocycles. The standard InChI is InChI=1S/C30H30O14S4/c1-18(2)12-19-4-8-23(27(13-19)45(31,32)33)24-9-5-20(14-28(24)46(34,35)36)17-44-22-7-11-26(30(16-22)48(40,41)42)25-10-6-21(43-3)15-29(25)47(37,38)39/h4-11,13-16,18H,12,17H2,1-3H3,(H,31,32,33)(H,34,35,36)(H,37,38,39)(H,40,41,42). The third kappa shape index (κ3) is 8.58. The van der Waals surface area contributed by atoms with Gasteiger partial charge in [-0.3, -0.25) is 18.2 Å². The average molecular weight is 743 g/mol. The van der Waals surface area contributed by atoms with Crippen molar-refractivity contribution in [2.75, 3.05) is 7.11 Å². The maximum Gasteiger partial charge on any atom is 0.295 e. The predicted molar refractivity (Wildman–Crippen MR) is 172 cm³/mol. The van der Waals surface area contributed by atoms with E-state index in [9.17, 15) is 51.9 Å². The number of rotatable bonds is 12. The number of benzene rings is 4. The van der Waals surface area contributed by atoms with Gasteiger partial charge in [0.1, 0.15) is 37.7 Å². The largest absolute Gasteiger partial charge is 0.497 e. The summed E-state index contributed by atoms with van der Waals surface area (Å²) < 4.78 is 149. The van der Waals surface area contributed by atoms with Gasteiger partial charge in [0, 0.05) is 34.4 Å². The van der Waals surface area contributed by atoms with Gasteiger partial charge in [-0.1, -0.05) is 38.1 Å². The summed E-state index contributed by atoms with van der Waals surface area (Å²) in [5, 5.41) is 0. The van der Waals surface area contributed by atoms with E-state index >= 15 is 0 Å². The Kier molecular flexibility index (Phi) is 10.4. The summed E-state index contributed by atoms with van der Waals surface area (Å²) >= 11 is 0. The Balaban J connectivity index is 1.75. The molecule has 0 aromatic heterocycles. The first-order chi connectivity index (χ1) is 22.1. The molecule has 0 saturated carbocycles. The zero-order valence-corrected chi connectivity index (χ0v) is 28.7. The monoisotopic (exact) mass is 742 g/mol. The van der Waals surface area contributed by atoms with E-state index in [1.807, 2.05) is 13.8 Å². The Morgan fingerprint density at radius 2 is 0.875 bits per heavy atom. The number of methoxy groups -OCH3 is 1. The van der Waals surface area contributed by atoms with E-state index in [0.29, 0.717) is 12.0 Å². The van der Waals surface area contributed by atoms with Crippen molar-refractivity contribution in [2.45, 2.75) is 46.5 Å². The lowest BCUT2D eigenvalue weighted by molar-refractivity contribution is 0.305. The van der Waals surface area contributed by atoms with Crippen LogP contribution in [0.3, 0.4) is 0 Å². The number of hydrogen-bond donors (Lipinski definition) is 4. The van der Waals surface area contributed by atoms with Crippen molar-refractivity contribution in [3.63, 3.8) is 0 Å². The SMILES string of the molecule is COc1ccc(-c2ccc(OCc3ccc(-c4ccc(CC(C)C)cc4S(=O)(=O)O)c(S(=O)(=O)O)c3)cc2S(=O)(=O)O)c(S(=O)(=O)O)c1. The molecule has 0 atom stereocenters. The summed E-state index contributed by atoms with van der Waals surface area (Å²) in [5.41, 5.74) is -0.355.